The molecule has 1 aliphatic heterocycles. The van der Waals surface area contributed by atoms with Gasteiger partial charge in [0.05, 0.1) is 0 Å². The maximum atomic E-state index is 6.28. The number of nitrogens with one attached hydrogen (secondary N) is 1. The molecule has 1 heterocycles. The molecule has 0 amide bonds. The number of aryl methyl sites for hydroxylation is 1. The van der Waals surface area contributed by atoms with Crippen molar-refractivity contribution in [1.29, 1.82) is 0 Å². The molecule has 0 spiro atoms. The quantitative estimate of drug-likeness (QED) is 0.893. The molecule has 2 nitrogen and oxygen atoms in total. The van der Waals surface area contributed by atoms with Gasteiger partial charge in [0, 0.05) is 29.3 Å². The Kier molecular flexibility index (Phi) is 5.34. The van der Waals surface area contributed by atoms with E-state index in [1.54, 1.807) is 0 Å². The summed E-state index contributed by atoms with van der Waals surface area (Å²) in [6, 6.07) is 7.61. The maximum Gasteiger partial charge on any atom is 0.0455 e. The summed E-state index contributed by atoms with van der Waals surface area (Å²) in [5.41, 5.74) is 2.41. The molecule has 3 atom stereocenters. The Hall–Kier alpha value is -0.730. The first-order valence-electron chi connectivity index (χ1n) is 7.80. The number of rotatable bonds is 4. The van der Waals surface area contributed by atoms with Gasteiger partial charge in [0.1, 0.15) is 0 Å². The zero-order valence-electron chi connectivity index (χ0n) is 13.1. The average Bonchev–Trinajstić information content (AvgIpc) is 2.44. The van der Waals surface area contributed by atoms with Crippen LogP contribution in [-0.2, 0) is 0 Å². The van der Waals surface area contributed by atoms with Crippen molar-refractivity contribution in [3.8, 4) is 0 Å². The van der Waals surface area contributed by atoms with Crippen LogP contribution in [0.2, 0.25) is 5.02 Å². The predicted octanol–water partition coefficient (Wildman–Crippen LogP) is 4.25. The molecule has 3 heteroatoms. The van der Waals surface area contributed by atoms with Crippen LogP contribution in [-0.4, -0.2) is 25.2 Å². The van der Waals surface area contributed by atoms with Gasteiger partial charge in [0.25, 0.3) is 0 Å². The van der Waals surface area contributed by atoms with Gasteiger partial charge in [-0.25, -0.2) is 0 Å². The highest BCUT2D eigenvalue weighted by Crippen LogP contribution is 2.31. The summed E-state index contributed by atoms with van der Waals surface area (Å²) >= 11 is 6.28. The van der Waals surface area contributed by atoms with Crippen LogP contribution >= 0.6 is 11.6 Å². The Bertz CT molecular complexity index is 447. The van der Waals surface area contributed by atoms with E-state index < -0.39 is 0 Å². The predicted molar refractivity (Wildman–Crippen MR) is 88.9 cm³/mol. The van der Waals surface area contributed by atoms with Crippen molar-refractivity contribution < 1.29 is 0 Å². The Balaban J connectivity index is 2.09. The summed E-state index contributed by atoms with van der Waals surface area (Å²) in [6.07, 6.45) is 2.41. The van der Waals surface area contributed by atoms with E-state index in [9.17, 15) is 0 Å². The Morgan fingerprint density at radius 1 is 1.35 bits per heavy atom. The van der Waals surface area contributed by atoms with Gasteiger partial charge in [-0.1, -0.05) is 31.5 Å². The molecule has 3 unspecified atom stereocenters. The molecule has 0 radical (unpaired) electrons. The van der Waals surface area contributed by atoms with Crippen LogP contribution in [0.5, 0.6) is 0 Å². The minimum Gasteiger partial charge on any atom is -0.368 e. The number of nitrogens with zero attached hydrogens (tertiary/aromatic N) is 1. The van der Waals surface area contributed by atoms with Gasteiger partial charge in [-0.2, -0.15) is 0 Å². The third kappa shape index (κ3) is 3.29. The summed E-state index contributed by atoms with van der Waals surface area (Å²) < 4.78 is 0. The van der Waals surface area contributed by atoms with Gasteiger partial charge in [-0.3, -0.25) is 0 Å². The van der Waals surface area contributed by atoms with Crippen LogP contribution in [0, 0.1) is 12.8 Å². The monoisotopic (exact) mass is 294 g/mol. The molecule has 2 rings (SSSR count). The summed E-state index contributed by atoms with van der Waals surface area (Å²) in [5.74, 6) is 0.648. The third-order valence-electron chi connectivity index (χ3n) is 4.71. The molecule has 1 fully saturated rings. The van der Waals surface area contributed by atoms with Crippen LogP contribution in [0.1, 0.15) is 39.2 Å². The molecule has 1 aliphatic rings. The van der Waals surface area contributed by atoms with Crippen molar-refractivity contribution in [3.63, 3.8) is 0 Å². The number of piperidine rings is 1. The summed E-state index contributed by atoms with van der Waals surface area (Å²) in [7, 11) is 0. The van der Waals surface area contributed by atoms with Crippen molar-refractivity contribution in [3.05, 3.63) is 28.8 Å². The molecule has 1 N–H and O–H groups in total. The lowest BCUT2D eigenvalue weighted by Gasteiger charge is -2.44. The smallest absolute Gasteiger partial charge is 0.0455 e. The van der Waals surface area contributed by atoms with Crippen LogP contribution in [0.25, 0.3) is 0 Å². The first-order valence-corrected chi connectivity index (χ1v) is 8.18. The van der Waals surface area contributed by atoms with E-state index in [1.165, 1.54) is 18.5 Å². The van der Waals surface area contributed by atoms with Crippen LogP contribution in [0.4, 0.5) is 5.69 Å². The van der Waals surface area contributed by atoms with Crippen LogP contribution < -0.4 is 10.2 Å². The molecule has 0 aliphatic carbocycles. The number of halogens is 1. The molecule has 1 aromatic rings. The number of hydrogen-bond acceptors (Lipinski definition) is 2. The summed E-state index contributed by atoms with van der Waals surface area (Å²) in [5, 5.41) is 4.56. The van der Waals surface area contributed by atoms with Crippen LogP contribution in [0.3, 0.4) is 0 Å². The van der Waals surface area contributed by atoms with E-state index in [1.807, 2.05) is 0 Å². The molecular weight excluding hydrogens is 268 g/mol. The third-order valence-corrected chi connectivity index (χ3v) is 5.12. The van der Waals surface area contributed by atoms with Gasteiger partial charge >= 0.3 is 0 Å². The lowest BCUT2D eigenvalue weighted by Crippen LogP contribution is -2.53. The molecular formula is C17H27ClN2. The van der Waals surface area contributed by atoms with E-state index in [2.05, 4.69) is 56.1 Å². The highest BCUT2D eigenvalue weighted by atomic mass is 35.5. The first-order chi connectivity index (χ1) is 9.54. The SMILES string of the molecule is CCCNC1CCN(c2ccc(C)c(Cl)c2)C(C)C1C. The van der Waals surface area contributed by atoms with Crippen molar-refractivity contribution in [1.82, 2.24) is 5.32 Å². The fourth-order valence-corrected chi connectivity index (χ4v) is 3.28. The van der Waals surface area contributed by atoms with E-state index >= 15 is 0 Å². The second-order valence-corrected chi connectivity index (χ2v) is 6.48. The molecule has 0 aromatic heterocycles. The van der Waals surface area contributed by atoms with Gasteiger partial charge in [0.15, 0.2) is 0 Å². The maximum absolute atomic E-state index is 6.28. The second kappa shape index (κ2) is 6.82. The van der Waals surface area contributed by atoms with Crippen molar-refractivity contribution in [2.45, 2.75) is 52.6 Å². The number of hydrogen-bond donors (Lipinski definition) is 1. The largest absolute Gasteiger partial charge is 0.368 e. The Morgan fingerprint density at radius 2 is 2.10 bits per heavy atom. The summed E-state index contributed by atoms with van der Waals surface area (Å²) in [4.78, 5) is 2.50. The molecule has 1 aromatic carbocycles. The standard InChI is InChI=1S/C17H27ClN2/c1-5-9-19-17-8-10-20(14(4)13(17)3)15-7-6-12(2)16(18)11-15/h6-7,11,13-14,17,19H,5,8-10H2,1-4H3. The van der Waals surface area contributed by atoms with E-state index in [-0.39, 0.29) is 0 Å². The lowest BCUT2D eigenvalue weighted by atomic mass is 9.86. The summed E-state index contributed by atoms with van der Waals surface area (Å²) in [6.45, 7) is 11.2. The molecule has 1 saturated heterocycles. The fourth-order valence-electron chi connectivity index (χ4n) is 3.11. The van der Waals surface area contributed by atoms with E-state index in [0.717, 1.165) is 23.7 Å². The van der Waals surface area contributed by atoms with Crippen LogP contribution in [0.15, 0.2) is 18.2 Å². The molecule has 0 saturated carbocycles. The first kappa shape index (κ1) is 15.7. The zero-order valence-corrected chi connectivity index (χ0v) is 13.9. The molecule has 112 valence electrons. The van der Waals surface area contributed by atoms with Gasteiger partial charge in [-0.05, 0) is 56.8 Å². The van der Waals surface area contributed by atoms with E-state index in [4.69, 9.17) is 11.6 Å². The highest BCUT2D eigenvalue weighted by Gasteiger charge is 2.32. The minimum absolute atomic E-state index is 0.539. The second-order valence-electron chi connectivity index (χ2n) is 6.08. The topological polar surface area (TPSA) is 15.3 Å². The fraction of sp³-hybridized carbons (Fsp3) is 0.647. The lowest BCUT2D eigenvalue weighted by molar-refractivity contribution is 0.271. The van der Waals surface area contributed by atoms with Crippen molar-refractivity contribution >= 4 is 17.3 Å². The van der Waals surface area contributed by atoms with Gasteiger partial charge in [0.2, 0.25) is 0 Å². The van der Waals surface area contributed by atoms with Crippen molar-refractivity contribution in [2.75, 3.05) is 18.0 Å². The van der Waals surface area contributed by atoms with Gasteiger partial charge in [-0.15, -0.1) is 0 Å². The molecule has 0 bridgehead atoms. The number of benzene rings is 1. The Labute approximate surface area is 128 Å². The minimum atomic E-state index is 0.539. The van der Waals surface area contributed by atoms with Crippen molar-refractivity contribution in [2.24, 2.45) is 5.92 Å². The zero-order chi connectivity index (χ0) is 14.7. The highest BCUT2D eigenvalue weighted by molar-refractivity contribution is 6.31. The number of anilines is 1. The normalized spacial score (nSPS) is 26.9. The Morgan fingerprint density at radius 3 is 2.75 bits per heavy atom. The average molecular weight is 295 g/mol. The van der Waals surface area contributed by atoms with Gasteiger partial charge < -0.3 is 10.2 Å². The molecule has 20 heavy (non-hydrogen) atoms. The van der Waals surface area contributed by atoms with E-state index in [0.29, 0.717) is 18.0 Å².